The zero-order chi connectivity index (χ0) is 28.9. The van der Waals surface area contributed by atoms with Crippen LogP contribution in [0.5, 0.6) is 0 Å². The highest BCUT2D eigenvalue weighted by Crippen LogP contribution is 2.09. The maximum absolute atomic E-state index is 11.1. The number of unbranched alkanes of at least 4 members (excludes halogenated alkanes) is 11. The summed E-state index contributed by atoms with van der Waals surface area (Å²) in [5, 5.41) is 43.2. The van der Waals surface area contributed by atoms with E-state index in [0.29, 0.717) is 6.42 Å². The topological polar surface area (TPSA) is 171 Å². The van der Waals surface area contributed by atoms with E-state index in [1.807, 2.05) is 0 Å². The van der Waals surface area contributed by atoms with Crippen LogP contribution in [0.25, 0.3) is 0 Å². The fourth-order valence-corrected chi connectivity index (χ4v) is 3.18. The van der Waals surface area contributed by atoms with Gasteiger partial charge >= 0.3 is 17.9 Å². The van der Waals surface area contributed by atoms with Crippen molar-refractivity contribution in [3.05, 3.63) is 12.2 Å². The number of carboxylic acid groups (broad SMARTS) is 1. The molecule has 0 fully saturated rings. The zero-order valence-corrected chi connectivity index (χ0v) is 23.2. The number of ether oxygens (including phenoxy) is 2. The van der Waals surface area contributed by atoms with Gasteiger partial charge in [0.1, 0.15) is 25.4 Å². The van der Waals surface area contributed by atoms with E-state index in [1.165, 1.54) is 70.6 Å². The number of aliphatic hydroxyl groups excluding tert-OH is 4. The molecule has 0 aromatic carbocycles. The number of carbonyl (C=O) groups is 3. The van der Waals surface area contributed by atoms with Crippen LogP contribution in [0.2, 0.25) is 0 Å². The van der Waals surface area contributed by atoms with E-state index >= 15 is 0 Å². The summed E-state index contributed by atoms with van der Waals surface area (Å²) in [4.78, 5) is 32.4. The number of carbonyl (C=O) groups excluding carboxylic acids is 2. The van der Waals surface area contributed by atoms with Crippen molar-refractivity contribution >= 4 is 17.9 Å². The summed E-state index contributed by atoms with van der Waals surface area (Å²) in [7, 11) is 0. The lowest BCUT2D eigenvalue weighted by Gasteiger charge is -2.09. The van der Waals surface area contributed by atoms with Crippen LogP contribution in [0.4, 0.5) is 0 Å². The van der Waals surface area contributed by atoms with E-state index in [9.17, 15) is 14.4 Å². The molecule has 0 aliphatic carbocycles. The Morgan fingerprint density at radius 3 is 1.42 bits per heavy atom. The summed E-state index contributed by atoms with van der Waals surface area (Å²) in [6.07, 6.45) is 18.5. The van der Waals surface area contributed by atoms with Gasteiger partial charge in [-0.1, -0.05) is 70.4 Å². The summed E-state index contributed by atoms with van der Waals surface area (Å²) < 4.78 is 9.09. The van der Waals surface area contributed by atoms with Gasteiger partial charge in [0, 0.05) is 6.42 Å². The van der Waals surface area contributed by atoms with Crippen LogP contribution in [0, 0.1) is 0 Å². The molecule has 10 heteroatoms. The average molecular weight is 549 g/mol. The number of aliphatic carboxylic acids is 1. The van der Waals surface area contributed by atoms with Gasteiger partial charge in [-0.3, -0.25) is 14.4 Å². The molecule has 0 aliphatic rings. The van der Waals surface area contributed by atoms with E-state index in [4.69, 9.17) is 25.5 Å². The highest BCUT2D eigenvalue weighted by molar-refractivity contribution is 5.77. The Morgan fingerprint density at radius 2 is 1.03 bits per heavy atom. The van der Waals surface area contributed by atoms with E-state index in [1.54, 1.807) is 0 Å². The van der Waals surface area contributed by atoms with Crippen LogP contribution >= 0.6 is 0 Å². The van der Waals surface area contributed by atoms with Crippen molar-refractivity contribution in [3.8, 4) is 0 Å². The Hall–Kier alpha value is -2.01. The molecule has 38 heavy (non-hydrogen) atoms. The molecule has 0 amide bonds. The molecule has 0 aromatic rings. The van der Waals surface area contributed by atoms with Crippen LogP contribution in [-0.2, 0) is 23.9 Å². The van der Waals surface area contributed by atoms with Gasteiger partial charge in [0.25, 0.3) is 0 Å². The fourth-order valence-electron chi connectivity index (χ4n) is 3.18. The Kier molecular flexibility index (Phi) is 29.7. The number of aliphatic hydroxyl groups is 4. The predicted octanol–water partition coefficient (Wildman–Crippen LogP) is 3.67. The second-order valence-corrected chi connectivity index (χ2v) is 9.27. The highest BCUT2D eigenvalue weighted by Gasteiger charge is 2.12. The van der Waals surface area contributed by atoms with Gasteiger partial charge in [-0.05, 0) is 32.1 Å². The summed E-state index contributed by atoms with van der Waals surface area (Å²) in [6.45, 7) is 0.541. The van der Waals surface area contributed by atoms with Crippen molar-refractivity contribution in [1.82, 2.24) is 0 Å². The molecule has 0 heterocycles. The summed E-state index contributed by atoms with van der Waals surface area (Å²) in [5.74, 6) is -2.08. The van der Waals surface area contributed by atoms with E-state index in [2.05, 4.69) is 28.5 Å². The Balaban J connectivity index is 0. The monoisotopic (exact) mass is 548 g/mol. The summed E-state index contributed by atoms with van der Waals surface area (Å²) in [5.41, 5.74) is 0. The van der Waals surface area contributed by atoms with Crippen LogP contribution < -0.4 is 0 Å². The van der Waals surface area contributed by atoms with Crippen LogP contribution in [0.15, 0.2) is 12.2 Å². The van der Waals surface area contributed by atoms with Crippen LogP contribution in [0.3, 0.4) is 0 Å². The molecular weight excluding hydrogens is 496 g/mol. The molecule has 0 aromatic heterocycles. The van der Waals surface area contributed by atoms with Crippen molar-refractivity contribution in [2.45, 2.75) is 122 Å². The lowest BCUT2D eigenvalue weighted by atomic mass is 10.1. The molecule has 224 valence electrons. The minimum atomic E-state index is -1.14. The Labute approximate surface area is 228 Å². The highest BCUT2D eigenvalue weighted by atomic mass is 16.6. The van der Waals surface area contributed by atoms with Crippen molar-refractivity contribution in [1.29, 1.82) is 0 Å². The largest absolute Gasteiger partial charge is 0.481 e. The van der Waals surface area contributed by atoms with Crippen LogP contribution in [-0.4, -0.2) is 82.1 Å². The maximum Gasteiger partial charge on any atom is 0.306 e. The first-order chi connectivity index (χ1) is 18.3. The normalized spacial score (nSPS) is 12.4. The predicted molar refractivity (Wildman–Crippen MR) is 144 cm³/mol. The molecule has 0 rings (SSSR count). The average Bonchev–Trinajstić information content (AvgIpc) is 2.91. The summed E-state index contributed by atoms with van der Waals surface area (Å²) >= 11 is 0. The van der Waals surface area contributed by atoms with E-state index in [0.717, 1.165) is 12.8 Å². The fraction of sp³-hybridized carbons (Fsp3) is 0.821. The number of rotatable bonds is 24. The molecule has 0 saturated heterocycles. The molecule has 10 nitrogen and oxygen atoms in total. The first-order valence-electron chi connectivity index (χ1n) is 14.0. The maximum atomic E-state index is 11.1. The third-order valence-electron chi connectivity index (χ3n) is 5.48. The van der Waals surface area contributed by atoms with Gasteiger partial charge in [0.2, 0.25) is 0 Å². The van der Waals surface area contributed by atoms with Gasteiger partial charge in [-0.15, -0.1) is 0 Å². The van der Waals surface area contributed by atoms with Gasteiger partial charge in [0.05, 0.1) is 26.1 Å². The van der Waals surface area contributed by atoms with Gasteiger partial charge in [-0.2, -0.15) is 0 Å². The second kappa shape index (κ2) is 29.5. The first kappa shape index (κ1) is 38.1. The van der Waals surface area contributed by atoms with Crippen molar-refractivity contribution in [2.75, 3.05) is 26.4 Å². The lowest BCUT2D eigenvalue weighted by molar-refractivity contribution is -0.154. The molecule has 0 saturated carbocycles. The number of hydrogen-bond acceptors (Lipinski definition) is 9. The third-order valence-corrected chi connectivity index (χ3v) is 5.48. The van der Waals surface area contributed by atoms with Crippen LogP contribution in [0.1, 0.15) is 110 Å². The molecule has 5 N–H and O–H groups in total. The first-order valence-corrected chi connectivity index (χ1v) is 14.0. The SMILES string of the molecule is CCCCCCCC/C=C\CCCCCCCC(=O)O.O=C(CCC(=O)OCC(O)CO)OCC(O)CO. The minimum Gasteiger partial charge on any atom is -0.481 e. The van der Waals surface area contributed by atoms with Gasteiger partial charge in [0.15, 0.2) is 0 Å². The smallest absolute Gasteiger partial charge is 0.306 e. The molecule has 0 bridgehead atoms. The van der Waals surface area contributed by atoms with Crippen molar-refractivity contribution in [2.24, 2.45) is 0 Å². The molecule has 0 radical (unpaired) electrons. The second-order valence-electron chi connectivity index (χ2n) is 9.27. The van der Waals surface area contributed by atoms with Crippen molar-refractivity contribution in [3.63, 3.8) is 0 Å². The number of hydrogen-bond donors (Lipinski definition) is 5. The molecule has 2 atom stereocenters. The van der Waals surface area contributed by atoms with E-state index in [-0.39, 0.29) is 26.1 Å². The minimum absolute atomic E-state index is 0.230. The number of carboxylic acids is 1. The molecule has 2 unspecified atom stereocenters. The third kappa shape index (κ3) is 32.0. The molecule has 0 aliphatic heterocycles. The van der Waals surface area contributed by atoms with Gasteiger partial charge < -0.3 is 35.0 Å². The molecular formula is C28H52O10. The number of allylic oxidation sites excluding steroid dienone is 2. The van der Waals surface area contributed by atoms with Crippen molar-refractivity contribution < 1.29 is 49.4 Å². The zero-order valence-electron chi connectivity index (χ0n) is 23.2. The standard InChI is InChI=1S/C18H34O2.C10H18O8/c1-2-3-4-5-6-7-8-9-10-11-12-13-14-15-16-17-18(19)20;11-3-7(13)5-17-9(15)1-2-10(16)18-6-8(14)4-12/h9-10H,2-8,11-17H2,1H3,(H,19,20);7-8,11-14H,1-6H2/b10-9-;. The van der Waals surface area contributed by atoms with Gasteiger partial charge in [-0.25, -0.2) is 0 Å². The summed E-state index contributed by atoms with van der Waals surface area (Å²) in [6, 6.07) is 0. The Bertz CT molecular complexity index is 568. The lowest BCUT2D eigenvalue weighted by Crippen LogP contribution is -2.23. The number of esters is 2. The quantitative estimate of drug-likeness (QED) is 0.0681. The van der Waals surface area contributed by atoms with E-state index < -0.39 is 43.3 Å². The molecule has 0 spiro atoms. The Morgan fingerprint density at radius 1 is 0.632 bits per heavy atom.